The molecule has 0 bridgehead atoms. The van der Waals surface area contributed by atoms with Crippen molar-refractivity contribution in [2.24, 2.45) is 0 Å². The highest BCUT2D eigenvalue weighted by Gasteiger charge is 2.16. The number of carbonyl (C=O) groups excluding carboxylic acids is 1. The summed E-state index contributed by atoms with van der Waals surface area (Å²) in [4.78, 5) is 18.6. The maximum atomic E-state index is 12.5. The van der Waals surface area contributed by atoms with Crippen LogP contribution in [0.5, 0.6) is 0 Å². The van der Waals surface area contributed by atoms with Crippen molar-refractivity contribution in [1.29, 1.82) is 0 Å². The van der Waals surface area contributed by atoms with Crippen molar-refractivity contribution in [2.75, 3.05) is 5.32 Å². The summed E-state index contributed by atoms with van der Waals surface area (Å²) in [7, 11) is 0. The van der Waals surface area contributed by atoms with Gasteiger partial charge in [0.25, 0.3) is 5.91 Å². The first kappa shape index (κ1) is 15.2. The molecule has 0 unspecified atom stereocenters. The van der Waals surface area contributed by atoms with Crippen LogP contribution in [0.15, 0.2) is 24.5 Å². The number of carbonyl (C=O) groups is 1. The predicted octanol–water partition coefficient (Wildman–Crippen LogP) is 3.55. The predicted molar refractivity (Wildman–Crippen MR) is 88.3 cm³/mol. The van der Waals surface area contributed by atoms with Gasteiger partial charge in [0.2, 0.25) is 0 Å². The van der Waals surface area contributed by atoms with E-state index in [1.165, 1.54) is 36.1 Å². The van der Waals surface area contributed by atoms with Crippen molar-refractivity contribution in [2.45, 2.75) is 45.1 Å². The van der Waals surface area contributed by atoms with Crippen LogP contribution in [0.4, 0.5) is 5.69 Å². The number of rotatable bonds is 3. The van der Waals surface area contributed by atoms with Crippen LogP contribution in [0.3, 0.4) is 0 Å². The normalized spacial score (nSPS) is 14.8. The van der Waals surface area contributed by atoms with E-state index in [0.717, 1.165) is 17.7 Å². The maximum absolute atomic E-state index is 12.5. The molecule has 2 aromatic heterocycles. The van der Waals surface area contributed by atoms with E-state index in [1.807, 2.05) is 6.07 Å². The van der Waals surface area contributed by atoms with Gasteiger partial charge in [-0.2, -0.15) is 0 Å². The molecule has 0 fully saturated rings. The number of amides is 1. The number of anilines is 1. The molecule has 5 heteroatoms. The number of nitrogens with one attached hydrogen (secondary N) is 1. The van der Waals surface area contributed by atoms with Gasteiger partial charge in [0.05, 0.1) is 23.4 Å². The molecule has 0 atom stereocenters. The first-order chi connectivity index (χ1) is 10.8. The quantitative estimate of drug-likeness (QED) is 0.910. The van der Waals surface area contributed by atoms with E-state index >= 15 is 0 Å². The number of hydrogen-bond acceptors (Lipinski definition) is 4. The first-order valence-electron chi connectivity index (χ1n) is 7.74. The van der Waals surface area contributed by atoms with Gasteiger partial charge in [-0.25, -0.2) is 0 Å². The topological polar surface area (TPSA) is 62.2 Å². The molecule has 4 nitrogen and oxygen atoms in total. The molecule has 0 aromatic carbocycles. The molecule has 116 valence electrons. The Labute approximate surface area is 134 Å². The molecular formula is C17H20N2O2S. The SMILES string of the molecule is O=C(Nc1cnccc1CO)c1cc2c(s1)CCCCCC2. The number of aliphatic hydroxyl groups is 1. The molecule has 22 heavy (non-hydrogen) atoms. The fourth-order valence-electron chi connectivity index (χ4n) is 2.81. The van der Waals surface area contributed by atoms with Gasteiger partial charge in [0.15, 0.2) is 0 Å². The molecule has 1 amide bonds. The summed E-state index contributed by atoms with van der Waals surface area (Å²) < 4.78 is 0. The molecule has 0 aliphatic heterocycles. The number of aryl methyl sites for hydroxylation is 2. The van der Waals surface area contributed by atoms with E-state index in [1.54, 1.807) is 29.8 Å². The number of hydrogen-bond donors (Lipinski definition) is 2. The van der Waals surface area contributed by atoms with Crippen LogP contribution in [-0.2, 0) is 19.4 Å². The van der Waals surface area contributed by atoms with E-state index in [9.17, 15) is 9.90 Å². The molecule has 3 rings (SSSR count). The van der Waals surface area contributed by atoms with Crippen molar-refractivity contribution < 1.29 is 9.90 Å². The van der Waals surface area contributed by atoms with Crippen molar-refractivity contribution >= 4 is 22.9 Å². The monoisotopic (exact) mass is 316 g/mol. The van der Waals surface area contributed by atoms with Crippen LogP contribution in [0.25, 0.3) is 0 Å². The fraction of sp³-hybridized carbons (Fsp3) is 0.412. The lowest BCUT2D eigenvalue weighted by Gasteiger charge is -2.07. The third-order valence-corrected chi connectivity index (χ3v) is 5.29. The molecule has 0 radical (unpaired) electrons. The summed E-state index contributed by atoms with van der Waals surface area (Å²) >= 11 is 1.60. The Morgan fingerprint density at radius 1 is 1.27 bits per heavy atom. The summed E-state index contributed by atoms with van der Waals surface area (Å²) in [5.41, 5.74) is 2.59. The minimum absolute atomic E-state index is 0.112. The van der Waals surface area contributed by atoms with Crippen molar-refractivity contribution in [1.82, 2.24) is 4.98 Å². The second-order valence-corrected chi connectivity index (χ2v) is 6.76. The molecule has 2 aromatic rings. The van der Waals surface area contributed by atoms with Gasteiger partial charge >= 0.3 is 0 Å². The van der Waals surface area contributed by atoms with Gasteiger partial charge < -0.3 is 10.4 Å². The fourth-order valence-corrected chi connectivity index (χ4v) is 3.96. The van der Waals surface area contributed by atoms with Crippen molar-refractivity contribution in [3.05, 3.63) is 45.4 Å². The van der Waals surface area contributed by atoms with Gasteiger partial charge in [-0.3, -0.25) is 9.78 Å². The average Bonchev–Trinajstić information content (AvgIpc) is 2.90. The molecule has 1 aliphatic rings. The van der Waals surface area contributed by atoms with E-state index < -0.39 is 0 Å². The standard InChI is InChI=1S/C17H20N2O2S/c20-11-13-7-8-18-10-14(13)19-17(21)16-9-12-5-3-1-2-4-6-15(12)22-16/h7-10,20H,1-6,11H2,(H,19,21). The third kappa shape index (κ3) is 3.36. The minimum atomic E-state index is -0.112. The molecule has 0 spiro atoms. The Hall–Kier alpha value is -1.72. The Bertz CT molecular complexity index is 641. The van der Waals surface area contributed by atoms with Crippen LogP contribution in [0, 0.1) is 0 Å². The minimum Gasteiger partial charge on any atom is -0.392 e. The number of aliphatic hydroxyl groups excluding tert-OH is 1. The lowest BCUT2D eigenvalue weighted by molar-refractivity contribution is 0.103. The summed E-state index contributed by atoms with van der Waals surface area (Å²) in [6.45, 7) is -0.112. The first-order valence-corrected chi connectivity index (χ1v) is 8.56. The highest BCUT2D eigenvalue weighted by molar-refractivity contribution is 7.14. The highest BCUT2D eigenvalue weighted by atomic mass is 32.1. The van der Waals surface area contributed by atoms with E-state index in [0.29, 0.717) is 11.3 Å². The van der Waals surface area contributed by atoms with Crippen LogP contribution in [0.2, 0.25) is 0 Å². The van der Waals surface area contributed by atoms with Gasteiger partial charge in [0.1, 0.15) is 0 Å². The zero-order valence-electron chi connectivity index (χ0n) is 12.5. The Morgan fingerprint density at radius 2 is 2.09 bits per heavy atom. The Morgan fingerprint density at radius 3 is 2.91 bits per heavy atom. The zero-order valence-corrected chi connectivity index (χ0v) is 13.3. The van der Waals surface area contributed by atoms with Gasteiger partial charge in [-0.15, -0.1) is 11.3 Å². The van der Waals surface area contributed by atoms with Crippen LogP contribution >= 0.6 is 11.3 Å². The third-order valence-electron chi connectivity index (χ3n) is 4.05. The van der Waals surface area contributed by atoms with E-state index in [-0.39, 0.29) is 12.5 Å². The lowest BCUT2D eigenvalue weighted by Crippen LogP contribution is -2.12. The number of fused-ring (bicyclic) bond motifs is 1. The second kappa shape index (κ2) is 7.03. The Balaban J connectivity index is 1.79. The van der Waals surface area contributed by atoms with Crippen molar-refractivity contribution in [3.63, 3.8) is 0 Å². The highest BCUT2D eigenvalue weighted by Crippen LogP contribution is 2.29. The molecule has 0 saturated heterocycles. The molecule has 2 heterocycles. The number of thiophene rings is 1. The van der Waals surface area contributed by atoms with Gasteiger partial charge in [-0.05, 0) is 43.4 Å². The van der Waals surface area contributed by atoms with Gasteiger partial charge in [0, 0.05) is 16.6 Å². The smallest absolute Gasteiger partial charge is 0.265 e. The second-order valence-electron chi connectivity index (χ2n) is 5.62. The summed E-state index contributed by atoms with van der Waals surface area (Å²) in [5.74, 6) is -0.112. The number of nitrogens with zero attached hydrogens (tertiary/aromatic N) is 1. The molecular weight excluding hydrogens is 296 g/mol. The van der Waals surface area contributed by atoms with Gasteiger partial charge in [-0.1, -0.05) is 12.8 Å². The summed E-state index contributed by atoms with van der Waals surface area (Å²) in [6, 6.07) is 3.75. The van der Waals surface area contributed by atoms with Crippen LogP contribution in [-0.4, -0.2) is 16.0 Å². The summed E-state index contributed by atoms with van der Waals surface area (Å²) in [6.07, 6.45) is 10.3. The number of pyridine rings is 1. The van der Waals surface area contributed by atoms with Crippen molar-refractivity contribution in [3.8, 4) is 0 Å². The molecule has 0 saturated carbocycles. The molecule has 1 aliphatic carbocycles. The summed E-state index contributed by atoms with van der Waals surface area (Å²) in [5, 5.41) is 12.2. The van der Waals surface area contributed by atoms with E-state index in [2.05, 4.69) is 10.3 Å². The van der Waals surface area contributed by atoms with Crippen LogP contribution < -0.4 is 5.32 Å². The van der Waals surface area contributed by atoms with E-state index in [4.69, 9.17) is 0 Å². The largest absolute Gasteiger partial charge is 0.392 e. The molecule has 2 N–H and O–H groups in total. The Kier molecular flexibility index (Phi) is 4.85. The lowest BCUT2D eigenvalue weighted by atomic mass is 10.00. The van der Waals surface area contributed by atoms with Crippen LogP contribution in [0.1, 0.15) is 51.4 Å². The maximum Gasteiger partial charge on any atom is 0.265 e. The number of aromatic nitrogens is 1. The average molecular weight is 316 g/mol. The zero-order chi connectivity index (χ0) is 15.4.